The van der Waals surface area contributed by atoms with E-state index in [0.29, 0.717) is 23.1 Å². The number of rotatable bonds is 6. The van der Waals surface area contributed by atoms with Crippen LogP contribution in [0.4, 0.5) is 0 Å². The van der Waals surface area contributed by atoms with Gasteiger partial charge in [0, 0.05) is 39.1 Å². The molecule has 0 spiro atoms. The first-order chi connectivity index (χ1) is 11.6. The third kappa shape index (κ3) is 7.38. The van der Waals surface area contributed by atoms with Gasteiger partial charge in [-0.05, 0) is 42.7 Å². The van der Waals surface area contributed by atoms with Gasteiger partial charge in [-0.1, -0.05) is 35.3 Å². The van der Waals surface area contributed by atoms with Crippen molar-refractivity contribution in [2.75, 3.05) is 20.1 Å². The number of nitrogens with one attached hydrogen (secondary N) is 1. The summed E-state index contributed by atoms with van der Waals surface area (Å²) in [5.41, 5.74) is 2.27. The molecule has 0 saturated carbocycles. The number of hydrogen-bond acceptors (Lipinski definition) is 2. The van der Waals surface area contributed by atoms with Gasteiger partial charge in [-0.15, -0.1) is 24.0 Å². The SMILES string of the molecule is CCNC(=NCCc1cccnc1)N(C)Cc1ccc(Cl)c(Cl)c1.I. The molecule has 2 rings (SSSR count). The van der Waals surface area contributed by atoms with E-state index in [0.717, 1.165) is 24.5 Å². The van der Waals surface area contributed by atoms with E-state index in [9.17, 15) is 0 Å². The van der Waals surface area contributed by atoms with Crippen LogP contribution in [0.15, 0.2) is 47.7 Å². The Hall–Kier alpha value is -1.05. The molecule has 0 radical (unpaired) electrons. The normalized spacial score (nSPS) is 11.0. The Morgan fingerprint density at radius 1 is 1.20 bits per heavy atom. The van der Waals surface area contributed by atoms with Crippen LogP contribution in [0.3, 0.4) is 0 Å². The largest absolute Gasteiger partial charge is 0.357 e. The van der Waals surface area contributed by atoms with Crippen molar-refractivity contribution in [3.8, 4) is 0 Å². The summed E-state index contributed by atoms with van der Waals surface area (Å²) in [5.74, 6) is 0.868. The van der Waals surface area contributed by atoms with Crippen LogP contribution in [0.1, 0.15) is 18.1 Å². The summed E-state index contributed by atoms with van der Waals surface area (Å²) in [7, 11) is 2.01. The molecule has 0 unspecified atom stereocenters. The number of aliphatic imine (C=N–C) groups is 1. The van der Waals surface area contributed by atoms with E-state index < -0.39 is 0 Å². The van der Waals surface area contributed by atoms with Crippen molar-refractivity contribution in [2.45, 2.75) is 19.9 Å². The Bertz CT molecular complexity index is 680. The van der Waals surface area contributed by atoms with Gasteiger partial charge in [0.05, 0.1) is 10.0 Å². The van der Waals surface area contributed by atoms with Crippen molar-refractivity contribution in [3.05, 3.63) is 63.9 Å². The average molecular weight is 493 g/mol. The van der Waals surface area contributed by atoms with Gasteiger partial charge in [-0.3, -0.25) is 9.98 Å². The zero-order valence-electron chi connectivity index (χ0n) is 14.4. The molecule has 1 heterocycles. The Morgan fingerprint density at radius 2 is 2.00 bits per heavy atom. The highest BCUT2D eigenvalue weighted by Crippen LogP contribution is 2.23. The molecule has 0 saturated heterocycles. The maximum Gasteiger partial charge on any atom is 0.193 e. The second-order valence-corrected chi connectivity index (χ2v) is 6.27. The van der Waals surface area contributed by atoms with E-state index in [-0.39, 0.29) is 24.0 Å². The lowest BCUT2D eigenvalue weighted by molar-refractivity contribution is 0.477. The molecule has 0 aliphatic heterocycles. The average Bonchev–Trinajstić information content (AvgIpc) is 2.58. The van der Waals surface area contributed by atoms with Crippen LogP contribution in [0.2, 0.25) is 10.0 Å². The summed E-state index contributed by atoms with van der Waals surface area (Å²) in [6.45, 7) is 4.29. The smallest absolute Gasteiger partial charge is 0.193 e. The van der Waals surface area contributed by atoms with Crippen LogP contribution in [0.25, 0.3) is 0 Å². The van der Waals surface area contributed by atoms with Crippen molar-refractivity contribution in [3.63, 3.8) is 0 Å². The summed E-state index contributed by atoms with van der Waals surface area (Å²) >= 11 is 12.1. The first-order valence-corrected chi connectivity index (χ1v) is 8.68. The number of nitrogens with zero attached hydrogens (tertiary/aromatic N) is 3. The Labute approximate surface area is 176 Å². The fourth-order valence-electron chi connectivity index (χ4n) is 2.29. The van der Waals surface area contributed by atoms with Crippen LogP contribution in [-0.4, -0.2) is 36.0 Å². The van der Waals surface area contributed by atoms with E-state index in [1.165, 1.54) is 5.56 Å². The second-order valence-electron chi connectivity index (χ2n) is 5.45. The van der Waals surface area contributed by atoms with Crippen molar-refractivity contribution in [1.29, 1.82) is 0 Å². The Kier molecular flexibility index (Phi) is 10.2. The number of pyridine rings is 1. The molecule has 2 aromatic rings. The van der Waals surface area contributed by atoms with Gasteiger partial charge < -0.3 is 10.2 Å². The second kappa shape index (κ2) is 11.5. The lowest BCUT2D eigenvalue weighted by Crippen LogP contribution is -2.38. The summed E-state index contributed by atoms with van der Waals surface area (Å²) in [6.07, 6.45) is 4.52. The van der Waals surface area contributed by atoms with E-state index >= 15 is 0 Å². The van der Waals surface area contributed by atoms with E-state index in [2.05, 4.69) is 33.2 Å². The number of halogens is 3. The Morgan fingerprint density at radius 3 is 2.64 bits per heavy atom. The molecule has 7 heteroatoms. The fourth-order valence-corrected chi connectivity index (χ4v) is 2.61. The van der Waals surface area contributed by atoms with Gasteiger partial charge in [-0.25, -0.2) is 0 Å². The van der Waals surface area contributed by atoms with Crippen molar-refractivity contribution < 1.29 is 0 Å². The van der Waals surface area contributed by atoms with Crippen molar-refractivity contribution >= 4 is 53.1 Å². The van der Waals surface area contributed by atoms with Crippen LogP contribution in [-0.2, 0) is 13.0 Å². The van der Waals surface area contributed by atoms with Crippen LogP contribution in [0, 0.1) is 0 Å². The maximum atomic E-state index is 6.09. The minimum atomic E-state index is 0. The summed E-state index contributed by atoms with van der Waals surface area (Å²) in [5, 5.41) is 4.46. The molecule has 0 aliphatic carbocycles. The highest BCUT2D eigenvalue weighted by atomic mass is 127. The number of hydrogen-bond donors (Lipinski definition) is 1. The molecule has 0 amide bonds. The maximum absolute atomic E-state index is 6.09. The quantitative estimate of drug-likeness (QED) is 0.362. The van der Waals surface area contributed by atoms with E-state index in [1.54, 1.807) is 6.20 Å². The molecule has 1 aromatic heterocycles. The molecule has 0 aliphatic rings. The zero-order chi connectivity index (χ0) is 17.4. The molecule has 136 valence electrons. The van der Waals surface area contributed by atoms with Crippen LogP contribution >= 0.6 is 47.2 Å². The van der Waals surface area contributed by atoms with Gasteiger partial charge in [-0.2, -0.15) is 0 Å². The molecule has 25 heavy (non-hydrogen) atoms. The molecular formula is C18H23Cl2IN4. The van der Waals surface area contributed by atoms with Gasteiger partial charge in [0.15, 0.2) is 5.96 Å². The highest BCUT2D eigenvalue weighted by molar-refractivity contribution is 14.0. The molecule has 1 N–H and O–H groups in total. The van der Waals surface area contributed by atoms with Gasteiger partial charge in [0.1, 0.15) is 0 Å². The fraction of sp³-hybridized carbons (Fsp3) is 0.333. The summed E-state index contributed by atoms with van der Waals surface area (Å²) < 4.78 is 0. The predicted octanol–water partition coefficient (Wildman–Crippen LogP) is 4.65. The van der Waals surface area contributed by atoms with Gasteiger partial charge >= 0.3 is 0 Å². The van der Waals surface area contributed by atoms with E-state index in [4.69, 9.17) is 23.2 Å². The minimum Gasteiger partial charge on any atom is -0.357 e. The molecule has 0 atom stereocenters. The minimum absolute atomic E-state index is 0. The molecule has 4 nitrogen and oxygen atoms in total. The predicted molar refractivity (Wildman–Crippen MR) is 117 cm³/mol. The molecule has 0 bridgehead atoms. The van der Waals surface area contributed by atoms with Crippen molar-refractivity contribution in [1.82, 2.24) is 15.2 Å². The number of aromatic nitrogens is 1. The highest BCUT2D eigenvalue weighted by Gasteiger charge is 2.08. The van der Waals surface area contributed by atoms with Crippen molar-refractivity contribution in [2.24, 2.45) is 4.99 Å². The number of benzene rings is 1. The molecule has 1 aromatic carbocycles. The summed E-state index contributed by atoms with van der Waals surface area (Å²) in [4.78, 5) is 10.9. The third-order valence-electron chi connectivity index (χ3n) is 3.49. The Balaban J connectivity index is 0.00000312. The number of guanidine groups is 1. The lowest BCUT2D eigenvalue weighted by atomic mass is 10.2. The van der Waals surface area contributed by atoms with Crippen LogP contribution < -0.4 is 5.32 Å². The molecule has 0 fully saturated rings. The molecular weight excluding hydrogens is 470 g/mol. The first kappa shape index (κ1) is 22.0. The van der Waals surface area contributed by atoms with Gasteiger partial charge in [0.25, 0.3) is 0 Å². The summed E-state index contributed by atoms with van der Waals surface area (Å²) in [6, 6.07) is 9.69. The monoisotopic (exact) mass is 492 g/mol. The van der Waals surface area contributed by atoms with E-state index in [1.807, 2.05) is 37.5 Å². The third-order valence-corrected chi connectivity index (χ3v) is 4.22. The lowest BCUT2D eigenvalue weighted by Gasteiger charge is -2.22. The van der Waals surface area contributed by atoms with Crippen LogP contribution in [0.5, 0.6) is 0 Å². The zero-order valence-corrected chi connectivity index (χ0v) is 18.2. The first-order valence-electron chi connectivity index (χ1n) is 7.92. The van der Waals surface area contributed by atoms with Gasteiger partial charge in [0.2, 0.25) is 0 Å². The topological polar surface area (TPSA) is 40.5 Å². The standard InChI is InChI=1S/C18H22Cl2N4.HI/c1-3-22-18(23-10-8-14-5-4-9-21-12-14)24(2)13-15-6-7-16(19)17(20)11-15;/h4-7,9,11-12H,3,8,10,13H2,1-2H3,(H,22,23);1H.